The summed E-state index contributed by atoms with van der Waals surface area (Å²) < 4.78 is 5.55. The van der Waals surface area contributed by atoms with Crippen molar-refractivity contribution in [2.45, 2.75) is 109 Å². The maximum Gasteiger partial charge on any atom is 0.408 e. The van der Waals surface area contributed by atoms with Crippen molar-refractivity contribution in [3.05, 3.63) is 23.4 Å². The molecule has 0 bridgehead atoms. The second-order valence-electron chi connectivity index (χ2n) is 11.7. The highest BCUT2D eigenvalue weighted by Crippen LogP contribution is 2.36. The molecule has 2 heterocycles. The third kappa shape index (κ3) is 8.08. The van der Waals surface area contributed by atoms with Gasteiger partial charge in [-0.1, -0.05) is 19.9 Å². The molecule has 1 aliphatic heterocycles. The Labute approximate surface area is 215 Å². The van der Waals surface area contributed by atoms with Crippen LogP contribution in [-0.2, 0) is 22.4 Å². The Bertz CT molecular complexity index is 892. The number of alkyl carbamates (subject to hydrolysis) is 1. The SMILES string of the molecule is CC1(C)CCC(OC(=O)N[C@@H](CCN(CCCCc2ccc3c(n2)NCCC3)C2CC2)C(=O)O)CC1. The Kier molecular flexibility index (Phi) is 9.09. The van der Waals surface area contributed by atoms with Crippen LogP contribution in [0.3, 0.4) is 0 Å². The molecule has 4 rings (SSSR count). The molecule has 2 fully saturated rings. The van der Waals surface area contributed by atoms with Gasteiger partial charge in [0, 0.05) is 24.8 Å². The van der Waals surface area contributed by atoms with Gasteiger partial charge in [-0.25, -0.2) is 14.6 Å². The average molecular weight is 501 g/mol. The van der Waals surface area contributed by atoms with E-state index >= 15 is 0 Å². The Morgan fingerprint density at radius 2 is 1.97 bits per heavy atom. The van der Waals surface area contributed by atoms with E-state index in [2.05, 4.69) is 41.5 Å². The predicted octanol–water partition coefficient (Wildman–Crippen LogP) is 4.77. The number of carbonyl (C=O) groups excluding carboxylic acids is 1. The van der Waals surface area contributed by atoms with E-state index in [0.29, 0.717) is 24.4 Å². The van der Waals surface area contributed by atoms with Crippen LogP contribution in [-0.4, -0.2) is 64.9 Å². The van der Waals surface area contributed by atoms with Crippen LogP contribution in [0.15, 0.2) is 12.1 Å². The van der Waals surface area contributed by atoms with Crippen molar-refractivity contribution in [3.63, 3.8) is 0 Å². The summed E-state index contributed by atoms with van der Waals surface area (Å²) in [6.07, 6.45) is 11.1. The van der Waals surface area contributed by atoms with Crippen molar-refractivity contribution in [2.75, 3.05) is 25.0 Å². The lowest BCUT2D eigenvalue weighted by atomic mass is 9.76. The number of rotatable bonds is 12. The molecule has 1 atom stereocenters. The maximum atomic E-state index is 12.4. The minimum atomic E-state index is -1.00. The number of aryl methyl sites for hydroxylation is 2. The number of unbranched alkanes of at least 4 members (excludes halogenated alkanes) is 1. The number of nitrogens with zero attached hydrogens (tertiary/aromatic N) is 2. The highest BCUT2D eigenvalue weighted by molar-refractivity contribution is 5.79. The van der Waals surface area contributed by atoms with Crippen molar-refractivity contribution < 1.29 is 19.4 Å². The number of aromatic nitrogens is 1. The number of carbonyl (C=O) groups is 2. The Morgan fingerprint density at radius 1 is 1.19 bits per heavy atom. The lowest BCUT2D eigenvalue weighted by Gasteiger charge is -2.34. The quantitative estimate of drug-likeness (QED) is 0.355. The predicted molar refractivity (Wildman–Crippen MR) is 140 cm³/mol. The zero-order valence-corrected chi connectivity index (χ0v) is 22.1. The van der Waals surface area contributed by atoms with Crippen LogP contribution >= 0.6 is 0 Å². The van der Waals surface area contributed by atoms with Gasteiger partial charge in [0.15, 0.2) is 0 Å². The van der Waals surface area contributed by atoms with Gasteiger partial charge in [0.1, 0.15) is 18.0 Å². The number of carboxylic acids is 1. The minimum Gasteiger partial charge on any atom is -0.480 e. The third-order valence-corrected chi connectivity index (χ3v) is 8.00. The molecular formula is C28H44N4O4. The summed E-state index contributed by atoms with van der Waals surface area (Å²) in [6.45, 7) is 7.08. The molecule has 0 radical (unpaired) electrons. The number of aliphatic carboxylic acids is 1. The molecule has 2 saturated carbocycles. The van der Waals surface area contributed by atoms with Gasteiger partial charge in [-0.05, 0) is 101 Å². The first-order valence-electron chi connectivity index (χ1n) is 14.0. The highest BCUT2D eigenvalue weighted by atomic mass is 16.6. The van der Waals surface area contributed by atoms with Gasteiger partial charge in [-0.2, -0.15) is 0 Å². The van der Waals surface area contributed by atoms with Crippen LogP contribution in [0.2, 0.25) is 0 Å². The van der Waals surface area contributed by atoms with Gasteiger partial charge >= 0.3 is 12.1 Å². The zero-order chi connectivity index (χ0) is 25.5. The molecule has 0 spiro atoms. The Hall–Kier alpha value is -2.35. The van der Waals surface area contributed by atoms with E-state index in [1.165, 1.54) is 24.8 Å². The van der Waals surface area contributed by atoms with Crippen molar-refractivity contribution in [3.8, 4) is 0 Å². The highest BCUT2D eigenvalue weighted by Gasteiger charge is 2.32. The van der Waals surface area contributed by atoms with E-state index in [1.807, 2.05) is 0 Å². The fraction of sp³-hybridized carbons (Fsp3) is 0.750. The van der Waals surface area contributed by atoms with Gasteiger partial charge in [-0.3, -0.25) is 0 Å². The first kappa shape index (κ1) is 26.7. The molecule has 8 heteroatoms. The van der Waals surface area contributed by atoms with Gasteiger partial charge in [0.25, 0.3) is 0 Å². The number of hydrogen-bond acceptors (Lipinski definition) is 6. The van der Waals surface area contributed by atoms with Crippen LogP contribution in [0, 0.1) is 5.41 Å². The second-order valence-corrected chi connectivity index (χ2v) is 11.7. The maximum absolute atomic E-state index is 12.4. The van der Waals surface area contributed by atoms with Gasteiger partial charge < -0.3 is 25.4 Å². The Balaban J connectivity index is 1.18. The van der Waals surface area contributed by atoms with Crippen LogP contribution in [0.5, 0.6) is 0 Å². The monoisotopic (exact) mass is 500 g/mol. The third-order valence-electron chi connectivity index (χ3n) is 8.00. The lowest BCUT2D eigenvalue weighted by Crippen LogP contribution is -2.45. The molecule has 2 aliphatic carbocycles. The summed E-state index contributed by atoms with van der Waals surface area (Å²) in [7, 11) is 0. The smallest absolute Gasteiger partial charge is 0.408 e. The largest absolute Gasteiger partial charge is 0.480 e. The normalized spacial score (nSPS) is 20.3. The van der Waals surface area contributed by atoms with Gasteiger partial charge in [-0.15, -0.1) is 0 Å². The summed E-state index contributed by atoms with van der Waals surface area (Å²) >= 11 is 0. The molecule has 1 aromatic heterocycles. The van der Waals surface area contributed by atoms with E-state index in [-0.39, 0.29) is 6.10 Å². The first-order valence-corrected chi connectivity index (χ1v) is 14.0. The summed E-state index contributed by atoms with van der Waals surface area (Å²) in [5.41, 5.74) is 2.75. The van der Waals surface area contributed by atoms with E-state index in [4.69, 9.17) is 9.72 Å². The number of fused-ring (bicyclic) bond motifs is 1. The van der Waals surface area contributed by atoms with Crippen LogP contribution in [0.1, 0.15) is 89.3 Å². The van der Waals surface area contributed by atoms with Crippen LogP contribution in [0.4, 0.5) is 10.6 Å². The number of hydrogen-bond donors (Lipinski definition) is 3. The second kappa shape index (κ2) is 12.3. The molecule has 200 valence electrons. The Morgan fingerprint density at radius 3 is 2.69 bits per heavy atom. The fourth-order valence-electron chi connectivity index (χ4n) is 5.42. The van der Waals surface area contributed by atoms with Crippen LogP contribution in [0.25, 0.3) is 0 Å². The van der Waals surface area contributed by atoms with E-state index < -0.39 is 18.1 Å². The lowest BCUT2D eigenvalue weighted by molar-refractivity contribution is -0.139. The summed E-state index contributed by atoms with van der Waals surface area (Å²) in [5.74, 6) is 0.0518. The number of ether oxygens (including phenoxy) is 1. The molecule has 36 heavy (non-hydrogen) atoms. The molecular weight excluding hydrogens is 456 g/mol. The van der Waals surface area contributed by atoms with E-state index in [1.54, 1.807) is 0 Å². The van der Waals surface area contributed by atoms with Gasteiger partial charge in [0.2, 0.25) is 0 Å². The molecule has 0 aromatic carbocycles. The molecule has 8 nitrogen and oxygen atoms in total. The molecule has 3 aliphatic rings. The average Bonchev–Trinajstić information content (AvgIpc) is 3.69. The fourth-order valence-corrected chi connectivity index (χ4v) is 5.42. The topological polar surface area (TPSA) is 104 Å². The van der Waals surface area contributed by atoms with Crippen LogP contribution < -0.4 is 10.6 Å². The van der Waals surface area contributed by atoms with Crippen molar-refractivity contribution in [1.82, 2.24) is 15.2 Å². The summed E-state index contributed by atoms with van der Waals surface area (Å²) in [5, 5.41) is 15.7. The summed E-state index contributed by atoms with van der Waals surface area (Å²) in [6, 6.07) is 3.98. The number of pyridine rings is 1. The molecule has 1 amide bonds. The van der Waals surface area contributed by atoms with Crippen molar-refractivity contribution in [1.29, 1.82) is 0 Å². The number of nitrogens with one attached hydrogen (secondary N) is 2. The minimum absolute atomic E-state index is 0.115. The van der Waals surface area contributed by atoms with E-state index in [9.17, 15) is 14.7 Å². The summed E-state index contributed by atoms with van der Waals surface area (Å²) in [4.78, 5) is 31.4. The number of carboxylic acid groups (broad SMARTS) is 1. The number of anilines is 1. The molecule has 3 N–H and O–H groups in total. The zero-order valence-electron chi connectivity index (χ0n) is 22.1. The first-order chi connectivity index (χ1) is 17.3. The van der Waals surface area contributed by atoms with E-state index in [0.717, 1.165) is 76.0 Å². The number of amides is 1. The standard InChI is InChI=1S/C28H44N4O4/c1-28(2)15-12-23(13-16-28)36-27(35)31-24(26(33)34)14-19-32(22-10-11-22)18-4-3-7-21-9-8-20-6-5-17-29-25(20)30-21/h8-9,22-24H,3-7,10-19H2,1-2H3,(H,29,30)(H,31,35)(H,33,34)/t24-/m0/s1. The van der Waals surface area contributed by atoms with Crippen molar-refractivity contribution >= 4 is 17.9 Å². The van der Waals surface area contributed by atoms with Gasteiger partial charge in [0.05, 0.1) is 0 Å². The molecule has 1 aromatic rings. The molecule has 0 saturated heterocycles. The molecule has 0 unspecified atom stereocenters. The van der Waals surface area contributed by atoms with Crippen molar-refractivity contribution in [2.24, 2.45) is 5.41 Å².